The molecule has 0 bridgehead atoms. The fourth-order valence-corrected chi connectivity index (χ4v) is 5.31. The molecule has 1 fully saturated rings. The van der Waals surface area contributed by atoms with Gasteiger partial charge in [-0.1, -0.05) is 58.4 Å². The van der Waals surface area contributed by atoms with Gasteiger partial charge in [0.25, 0.3) is 11.8 Å². The molecule has 1 aliphatic rings. The molecule has 2 amide bonds. The van der Waals surface area contributed by atoms with Gasteiger partial charge in [0.2, 0.25) is 0 Å². The average molecular weight is 671 g/mol. The fourth-order valence-electron chi connectivity index (χ4n) is 4.95. The van der Waals surface area contributed by atoms with Crippen molar-refractivity contribution in [3.8, 4) is 5.75 Å². The molecule has 1 unspecified atom stereocenters. The van der Waals surface area contributed by atoms with Gasteiger partial charge >= 0.3 is 0 Å². The Morgan fingerprint density at radius 2 is 1.69 bits per heavy atom. The van der Waals surface area contributed by atoms with Crippen molar-refractivity contribution in [2.24, 2.45) is 5.10 Å². The van der Waals surface area contributed by atoms with Gasteiger partial charge in [-0.2, -0.15) is 5.10 Å². The van der Waals surface area contributed by atoms with E-state index >= 15 is 0 Å². The van der Waals surface area contributed by atoms with Crippen molar-refractivity contribution in [1.29, 1.82) is 0 Å². The maximum absolute atomic E-state index is 13.2. The molecule has 45 heavy (non-hydrogen) atoms. The van der Waals surface area contributed by atoms with E-state index in [1.165, 1.54) is 11.8 Å². The van der Waals surface area contributed by atoms with Gasteiger partial charge in [0.05, 0.1) is 37.8 Å². The third kappa shape index (κ3) is 9.32. The van der Waals surface area contributed by atoms with Gasteiger partial charge in [-0.25, -0.2) is 5.43 Å². The summed E-state index contributed by atoms with van der Waals surface area (Å²) in [5.74, 6) is -0.0434. The van der Waals surface area contributed by atoms with Gasteiger partial charge in [0.15, 0.2) is 0 Å². The Bertz CT molecular complexity index is 1590. The van der Waals surface area contributed by atoms with Gasteiger partial charge in [0.1, 0.15) is 5.75 Å². The maximum Gasteiger partial charge on any atom is 0.273 e. The highest BCUT2D eigenvalue weighted by Gasteiger charge is 2.19. The molecule has 3 N–H and O–H groups in total. The molecular formula is C35H36BrN5O4. The number of nitrogens with one attached hydrogen (secondary N) is 3. The fraction of sp³-hybridized carbons (Fsp3) is 0.229. The van der Waals surface area contributed by atoms with E-state index in [1.807, 2.05) is 42.5 Å². The van der Waals surface area contributed by atoms with Crippen LogP contribution >= 0.6 is 15.9 Å². The first-order valence-electron chi connectivity index (χ1n) is 14.7. The lowest BCUT2D eigenvalue weighted by Crippen LogP contribution is -2.41. The number of hydrogen-bond donors (Lipinski definition) is 3. The molecule has 0 aliphatic carbocycles. The third-order valence-electron chi connectivity index (χ3n) is 7.49. The van der Waals surface area contributed by atoms with E-state index < -0.39 is 5.91 Å². The number of halogens is 1. The van der Waals surface area contributed by atoms with Crippen molar-refractivity contribution in [1.82, 2.24) is 15.6 Å². The van der Waals surface area contributed by atoms with E-state index in [2.05, 4.69) is 66.3 Å². The number of rotatable bonds is 12. The second kappa shape index (κ2) is 16.1. The Labute approximate surface area is 271 Å². The minimum absolute atomic E-state index is 0.162. The average Bonchev–Trinajstić information content (AvgIpc) is 3.08. The van der Waals surface area contributed by atoms with Crippen LogP contribution in [0.25, 0.3) is 0 Å². The first-order chi connectivity index (χ1) is 22.0. The van der Waals surface area contributed by atoms with Crippen LogP contribution in [0.4, 0.5) is 5.69 Å². The normalized spacial score (nSPS) is 14.2. The summed E-state index contributed by atoms with van der Waals surface area (Å²) in [6.07, 6.45) is 1.54. The molecule has 1 saturated heterocycles. The summed E-state index contributed by atoms with van der Waals surface area (Å²) in [5, 5.41) is 10.6. The van der Waals surface area contributed by atoms with Crippen LogP contribution in [0, 0.1) is 0 Å². The third-order valence-corrected chi connectivity index (χ3v) is 7.98. The highest BCUT2D eigenvalue weighted by Crippen LogP contribution is 2.23. The van der Waals surface area contributed by atoms with Gasteiger partial charge in [-0.15, -0.1) is 0 Å². The second-order valence-electron chi connectivity index (χ2n) is 10.6. The molecule has 9 nitrogen and oxygen atoms in total. The number of methoxy groups -OCH3 is 1. The van der Waals surface area contributed by atoms with Gasteiger partial charge in [-0.3, -0.25) is 14.5 Å². The highest BCUT2D eigenvalue weighted by molar-refractivity contribution is 9.10. The number of benzene rings is 4. The van der Waals surface area contributed by atoms with Crippen LogP contribution in [-0.4, -0.2) is 62.9 Å². The Hall–Kier alpha value is -4.35. The van der Waals surface area contributed by atoms with Crippen LogP contribution < -0.4 is 20.8 Å². The summed E-state index contributed by atoms with van der Waals surface area (Å²) in [6, 6.07) is 30.5. The van der Waals surface area contributed by atoms with Gasteiger partial charge < -0.3 is 20.1 Å². The summed E-state index contributed by atoms with van der Waals surface area (Å²) in [7, 11) is 1.60. The SMILES string of the molecule is COc1ccc(C=NNC(=O)c2cc(Br)ccc2NC(=O)c2ccc(CNC(CN3CCOCC3)c3ccccc3)cc2)cc1. The molecule has 0 saturated carbocycles. The number of amides is 2. The summed E-state index contributed by atoms with van der Waals surface area (Å²) in [6.45, 7) is 4.91. The highest BCUT2D eigenvalue weighted by atomic mass is 79.9. The van der Waals surface area contributed by atoms with Crippen LogP contribution in [0.2, 0.25) is 0 Å². The zero-order chi connectivity index (χ0) is 31.4. The van der Waals surface area contributed by atoms with E-state index in [0.29, 0.717) is 22.3 Å². The summed E-state index contributed by atoms with van der Waals surface area (Å²) in [5.41, 5.74) is 6.77. The predicted octanol–water partition coefficient (Wildman–Crippen LogP) is 5.64. The largest absolute Gasteiger partial charge is 0.497 e. The van der Waals surface area contributed by atoms with Crippen molar-refractivity contribution in [3.05, 3.63) is 129 Å². The van der Waals surface area contributed by atoms with Crippen molar-refractivity contribution in [2.75, 3.05) is 45.3 Å². The zero-order valence-electron chi connectivity index (χ0n) is 25.0. The Balaban J connectivity index is 1.20. The lowest BCUT2D eigenvalue weighted by molar-refractivity contribution is 0.0333. The number of nitrogens with zero attached hydrogens (tertiary/aromatic N) is 2. The number of carbonyl (C=O) groups excluding carboxylic acids is 2. The molecule has 0 radical (unpaired) electrons. The van der Waals surface area contributed by atoms with Gasteiger partial charge in [0, 0.05) is 42.3 Å². The van der Waals surface area contributed by atoms with E-state index in [1.54, 1.807) is 37.4 Å². The monoisotopic (exact) mass is 669 g/mol. The van der Waals surface area contributed by atoms with Crippen LogP contribution in [0.15, 0.2) is 107 Å². The number of hydrazone groups is 1. The smallest absolute Gasteiger partial charge is 0.273 e. The Morgan fingerprint density at radius 3 is 2.40 bits per heavy atom. The number of anilines is 1. The van der Waals surface area contributed by atoms with Crippen LogP contribution in [0.5, 0.6) is 5.75 Å². The minimum atomic E-state index is -0.456. The molecule has 0 aromatic heterocycles. The van der Waals surface area contributed by atoms with Crippen molar-refractivity contribution in [2.45, 2.75) is 12.6 Å². The van der Waals surface area contributed by atoms with Crippen molar-refractivity contribution < 1.29 is 19.1 Å². The van der Waals surface area contributed by atoms with E-state index in [0.717, 1.165) is 49.7 Å². The van der Waals surface area contributed by atoms with E-state index in [-0.39, 0.29) is 17.5 Å². The molecule has 1 atom stereocenters. The molecule has 232 valence electrons. The quantitative estimate of drug-likeness (QED) is 0.133. The lowest BCUT2D eigenvalue weighted by atomic mass is 10.0. The second-order valence-corrected chi connectivity index (χ2v) is 11.5. The molecule has 10 heteroatoms. The van der Waals surface area contributed by atoms with Crippen molar-refractivity contribution >= 4 is 39.6 Å². The molecule has 1 aliphatic heterocycles. The molecule has 5 rings (SSSR count). The van der Waals surface area contributed by atoms with E-state index in [4.69, 9.17) is 9.47 Å². The van der Waals surface area contributed by atoms with Crippen LogP contribution in [-0.2, 0) is 11.3 Å². The number of ether oxygens (including phenoxy) is 2. The lowest BCUT2D eigenvalue weighted by Gasteiger charge is -2.31. The Kier molecular flexibility index (Phi) is 11.5. The molecular weight excluding hydrogens is 634 g/mol. The number of hydrogen-bond acceptors (Lipinski definition) is 7. The molecule has 4 aromatic rings. The number of morpholine rings is 1. The minimum Gasteiger partial charge on any atom is -0.497 e. The predicted molar refractivity (Wildman–Crippen MR) is 180 cm³/mol. The summed E-state index contributed by atoms with van der Waals surface area (Å²) in [4.78, 5) is 28.6. The first-order valence-corrected chi connectivity index (χ1v) is 15.5. The standard InChI is InChI=1S/C35H36BrN5O4/c1-44-30-14-9-26(10-15-30)23-38-40-35(43)31-21-29(36)13-16-32(31)39-34(42)28-11-7-25(8-12-28)22-37-33(27-5-3-2-4-6-27)24-41-17-19-45-20-18-41/h2-16,21,23,33,37H,17-20,22,24H2,1H3,(H,39,42)(H,40,43). The maximum atomic E-state index is 13.2. The van der Waals surface area contributed by atoms with Crippen LogP contribution in [0.1, 0.15) is 43.4 Å². The van der Waals surface area contributed by atoms with E-state index in [9.17, 15) is 9.59 Å². The number of carbonyl (C=O) groups is 2. The summed E-state index contributed by atoms with van der Waals surface area (Å²) < 4.78 is 11.4. The molecule has 4 aromatic carbocycles. The first kappa shape index (κ1) is 32.1. The Morgan fingerprint density at radius 1 is 0.956 bits per heavy atom. The summed E-state index contributed by atoms with van der Waals surface area (Å²) >= 11 is 3.41. The van der Waals surface area contributed by atoms with Gasteiger partial charge in [-0.05, 0) is 71.3 Å². The molecule has 0 spiro atoms. The topological polar surface area (TPSA) is 104 Å². The molecule has 1 heterocycles. The van der Waals surface area contributed by atoms with Crippen molar-refractivity contribution in [3.63, 3.8) is 0 Å². The zero-order valence-corrected chi connectivity index (χ0v) is 26.6. The van der Waals surface area contributed by atoms with Crippen LogP contribution in [0.3, 0.4) is 0 Å².